The quantitative estimate of drug-likeness (QED) is 0.166. The number of hydrogen-bond donors (Lipinski definition) is 2. The molecule has 8 heteroatoms. The summed E-state index contributed by atoms with van der Waals surface area (Å²) >= 11 is 0. The van der Waals surface area contributed by atoms with Gasteiger partial charge in [-0.2, -0.15) is 0 Å². The first-order chi connectivity index (χ1) is 21.6. The molecule has 2 N–H and O–H groups in total. The fourth-order valence-corrected chi connectivity index (χ4v) is 5.26. The average Bonchev–Trinajstić information content (AvgIpc) is 3.62. The molecule has 0 spiro atoms. The molecule has 0 atom stereocenters. The highest BCUT2D eigenvalue weighted by molar-refractivity contribution is 6.06. The Kier molecular flexibility index (Phi) is 7.30. The van der Waals surface area contributed by atoms with E-state index in [1.807, 2.05) is 84.9 Å². The molecule has 0 unspecified atom stereocenters. The average molecular weight is 585 g/mol. The molecule has 2 aromatic heterocycles. The highest BCUT2D eigenvalue weighted by Crippen LogP contribution is 2.32. The largest absolute Gasteiger partial charge is 0.492 e. The van der Waals surface area contributed by atoms with Gasteiger partial charge < -0.3 is 28.9 Å². The van der Waals surface area contributed by atoms with Crippen LogP contribution in [-0.4, -0.2) is 38.1 Å². The Labute approximate surface area is 252 Å². The number of benzene rings is 5. The summed E-state index contributed by atoms with van der Waals surface area (Å²) in [5.41, 5.74) is 4.03. The summed E-state index contributed by atoms with van der Waals surface area (Å²) in [6, 6.07) is 33.7. The lowest BCUT2D eigenvalue weighted by molar-refractivity contribution is 0.0946. The van der Waals surface area contributed by atoms with Crippen molar-refractivity contribution < 1.29 is 27.9 Å². The van der Waals surface area contributed by atoms with Crippen molar-refractivity contribution in [3.8, 4) is 11.5 Å². The maximum Gasteiger partial charge on any atom is 0.251 e. The number of nitrogens with one attached hydrogen (secondary N) is 2. The molecule has 0 fully saturated rings. The topological polar surface area (TPSA) is 103 Å². The smallest absolute Gasteiger partial charge is 0.251 e. The molecular formula is C36H28N2O6. The molecule has 0 aliphatic carbocycles. The molecule has 2 heterocycles. The van der Waals surface area contributed by atoms with E-state index in [1.165, 1.54) is 0 Å². The van der Waals surface area contributed by atoms with E-state index in [0.29, 0.717) is 35.7 Å². The SMILES string of the molecule is O=C(NCCOc1ccc2oc3ccccc3c2c1)c1cccc(C(=O)NCCOc2ccc3oc4ccccc4c3c2)c1. The predicted molar refractivity (Wildman–Crippen MR) is 170 cm³/mol. The van der Waals surface area contributed by atoms with E-state index in [4.69, 9.17) is 18.3 Å². The third-order valence-electron chi connectivity index (χ3n) is 7.40. The monoisotopic (exact) mass is 584 g/mol. The zero-order valence-corrected chi connectivity index (χ0v) is 23.7. The van der Waals surface area contributed by atoms with Crippen molar-refractivity contribution in [1.82, 2.24) is 10.6 Å². The molecule has 0 radical (unpaired) electrons. The molecule has 0 aliphatic heterocycles. The third kappa shape index (κ3) is 5.53. The van der Waals surface area contributed by atoms with Crippen molar-refractivity contribution in [3.05, 3.63) is 120 Å². The number of carbonyl (C=O) groups is 2. The lowest BCUT2D eigenvalue weighted by atomic mass is 10.1. The molecule has 0 bridgehead atoms. The molecule has 0 saturated heterocycles. The molecule has 5 aromatic carbocycles. The van der Waals surface area contributed by atoms with Crippen molar-refractivity contribution in [2.45, 2.75) is 0 Å². The molecule has 0 aliphatic rings. The van der Waals surface area contributed by atoms with Crippen LogP contribution in [0.5, 0.6) is 11.5 Å². The van der Waals surface area contributed by atoms with Crippen LogP contribution < -0.4 is 20.1 Å². The minimum atomic E-state index is -0.287. The fraction of sp³-hybridized carbons (Fsp3) is 0.111. The van der Waals surface area contributed by atoms with E-state index in [9.17, 15) is 9.59 Å². The zero-order chi connectivity index (χ0) is 29.9. The van der Waals surface area contributed by atoms with E-state index < -0.39 is 0 Å². The number of rotatable bonds is 10. The van der Waals surface area contributed by atoms with E-state index in [0.717, 1.165) is 43.9 Å². The van der Waals surface area contributed by atoms with Gasteiger partial charge in [0, 0.05) is 32.7 Å². The Morgan fingerprint density at radius 2 is 0.955 bits per heavy atom. The van der Waals surface area contributed by atoms with Gasteiger partial charge in [0.25, 0.3) is 11.8 Å². The zero-order valence-electron chi connectivity index (χ0n) is 23.7. The molecule has 44 heavy (non-hydrogen) atoms. The Hall–Kier alpha value is -5.76. The minimum absolute atomic E-state index is 0.287. The van der Waals surface area contributed by atoms with Crippen LogP contribution in [0.3, 0.4) is 0 Å². The fourth-order valence-electron chi connectivity index (χ4n) is 5.26. The first kappa shape index (κ1) is 27.1. The molecule has 7 aromatic rings. The Bertz CT molecular complexity index is 1990. The van der Waals surface area contributed by atoms with Crippen molar-refractivity contribution >= 4 is 55.7 Å². The summed E-state index contributed by atoms with van der Waals surface area (Å²) < 4.78 is 23.4. The summed E-state index contributed by atoms with van der Waals surface area (Å²) in [6.07, 6.45) is 0. The summed E-state index contributed by atoms with van der Waals surface area (Å²) in [5.74, 6) is 0.808. The molecule has 8 nitrogen and oxygen atoms in total. The predicted octanol–water partition coefficient (Wildman–Crippen LogP) is 7.10. The van der Waals surface area contributed by atoms with Crippen molar-refractivity contribution in [3.63, 3.8) is 0 Å². The van der Waals surface area contributed by atoms with Gasteiger partial charge in [0.1, 0.15) is 47.0 Å². The van der Waals surface area contributed by atoms with Crippen LogP contribution in [0.25, 0.3) is 43.9 Å². The van der Waals surface area contributed by atoms with E-state index >= 15 is 0 Å². The maximum atomic E-state index is 12.8. The highest BCUT2D eigenvalue weighted by atomic mass is 16.5. The molecular weight excluding hydrogens is 556 g/mol. The van der Waals surface area contributed by atoms with Crippen LogP contribution in [0.15, 0.2) is 118 Å². The first-order valence-corrected chi connectivity index (χ1v) is 14.4. The van der Waals surface area contributed by atoms with Gasteiger partial charge in [-0.15, -0.1) is 0 Å². The second-order valence-electron chi connectivity index (χ2n) is 10.3. The number of fused-ring (bicyclic) bond motifs is 6. The minimum Gasteiger partial charge on any atom is -0.492 e. The van der Waals surface area contributed by atoms with Crippen LogP contribution in [-0.2, 0) is 0 Å². The van der Waals surface area contributed by atoms with Crippen molar-refractivity contribution in [2.24, 2.45) is 0 Å². The summed E-state index contributed by atoms with van der Waals surface area (Å²) in [4.78, 5) is 25.5. The Morgan fingerprint density at radius 1 is 0.500 bits per heavy atom. The summed E-state index contributed by atoms with van der Waals surface area (Å²) in [5, 5.41) is 9.71. The van der Waals surface area contributed by atoms with E-state index in [2.05, 4.69) is 10.6 Å². The van der Waals surface area contributed by atoms with Gasteiger partial charge in [-0.3, -0.25) is 9.59 Å². The number of para-hydroxylation sites is 2. The van der Waals surface area contributed by atoms with Gasteiger partial charge in [0.2, 0.25) is 0 Å². The Balaban J connectivity index is 0.884. The van der Waals surface area contributed by atoms with Gasteiger partial charge in [0.05, 0.1) is 13.1 Å². The molecule has 2 amide bonds. The van der Waals surface area contributed by atoms with Gasteiger partial charge in [0.15, 0.2) is 0 Å². The van der Waals surface area contributed by atoms with Gasteiger partial charge in [-0.1, -0.05) is 42.5 Å². The maximum absolute atomic E-state index is 12.8. The number of hydrogen-bond acceptors (Lipinski definition) is 6. The standard InChI is InChI=1S/C36H28N2O6/c39-35(37-16-18-41-25-12-14-33-29(21-25)27-8-1-3-10-31(27)43-33)23-6-5-7-24(20-23)36(40)38-17-19-42-26-13-15-34-30(22-26)28-9-2-4-11-32(28)44-34/h1-15,20-22H,16-19H2,(H,37,39)(H,38,40). The molecule has 7 rings (SSSR count). The van der Waals surface area contributed by atoms with Gasteiger partial charge >= 0.3 is 0 Å². The van der Waals surface area contributed by atoms with Crippen LogP contribution >= 0.6 is 0 Å². The summed E-state index contributed by atoms with van der Waals surface area (Å²) in [7, 11) is 0. The lowest BCUT2D eigenvalue weighted by Crippen LogP contribution is -2.30. The van der Waals surface area contributed by atoms with Crippen LogP contribution in [0.2, 0.25) is 0 Å². The summed E-state index contributed by atoms with van der Waals surface area (Å²) in [6.45, 7) is 1.18. The van der Waals surface area contributed by atoms with Crippen molar-refractivity contribution in [2.75, 3.05) is 26.3 Å². The number of ether oxygens (including phenoxy) is 2. The lowest BCUT2D eigenvalue weighted by Gasteiger charge is -2.10. The normalized spacial score (nSPS) is 11.3. The van der Waals surface area contributed by atoms with Gasteiger partial charge in [-0.25, -0.2) is 0 Å². The molecule has 218 valence electrons. The van der Waals surface area contributed by atoms with Crippen LogP contribution in [0.1, 0.15) is 20.7 Å². The second-order valence-corrected chi connectivity index (χ2v) is 10.3. The third-order valence-corrected chi connectivity index (χ3v) is 7.40. The molecule has 0 saturated carbocycles. The second kappa shape index (κ2) is 11.9. The Morgan fingerprint density at radius 3 is 1.45 bits per heavy atom. The van der Waals surface area contributed by atoms with Crippen LogP contribution in [0.4, 0.5) is 0 Å². The highest BCUT2D eigenvalue weighted by Gasteiger charge is 2.12. The van der Waals surface area contributed by atoms with Crippen molar-refractivity contribution in [1.29, 1.82) is 0 Å². The number of carbonyl (C=O) groups excluding carboxylic acids is 2. The van der Waals surface area contributed by atoms with Crippen LogP contribution in [0, 0.1) is 0 Å². The first-order valence-electron chi connectivity index (χ1n) is 14.4. The van der Waals surface area contributed by atoms with E-state index in [1.54, 1.807) is 24.3 Å². The van der Waals surface area contributed by atoms with Gasteiger partial charge in [-0.05, 0) is 66.7 Å². The number of furan rings is 2. The number of amides is 2. The van der Waals surface area contributed by atoms with E-state index in [-0.39, 0.29) is 25.0 Å².